The van der Waals surface area contributed by atoms with E-state index in [1.807, 2.05) is 0 Å². The molecule has 2 aliphatic carbocycles. The third kappa shape index (κ3) is 3.37. The number of fused-ring (bicyclic) bond motifs is 2. The fourth-order valence-electron chi connectivity index (χ4n) is 2.92. The maximum atomic E-state index is 12.1. The average molecular weight is 282 g/mol. The molecule has 5 N–H and O–H groups in total. The van der Waals surface area contributed by atoms with Crippen molar-refractivity contribution in [2.75, 3.05) is 6.54 Å². The number of esters is 1. The Kier molecular flexibility index (Phi) is 4.77. The Balaban J connectivity index is 1.84. The molecule has 3 atom stereocenters. The monoisotopic (exact) mass is 282 g/mol. The fraction of sp³-hybridized carbons (Fsp3) is 0.714. The molecule has 6 nitrogen and oxygen atoms in total. The second-order valence-electron chi connectivity index (χ2n) is 5.72. The van der Waals surface area contributed by atoms with Gasteiger partial charge in [0, 0.05) is 13.0 Å². The van der Waals surface area contributed by atoms with E-state index in [9.17, 15) is 9.59 Å². The molecule has 2 aliphatic rings. The molecule has 0 aliphatic heterocycles. The van der Waals surface area contributed by atoms with Crippen molar-refractivity contribution in [2.24, 2.45) is 23.3 Å². The molecule has 0 heterocycles. The van der Waals surface area contributed by atoms with Crippen LogP contribution in [0, 0.1) is 11.8 Å². The van der Waals surface area contributed by atoms with Crippen molar-refractivity contribution in [3.63, 3.8) is 0 Å². The first-order valence-electron chi connectivity index (χ1n) is 7.12. The van der Waals surface area contributed by atoms with Crippen molar-refractivity contribution in [1.82, 2.24) is 0 Å². The van der Waals surface area contributed by atoms with Gasteiger partial charge in [0.2, 0.25) is 0 Å². The molecule has 2 unspecified atom stereocenters. The van der Waals surface area contributed by atoms with Crippen molar-refractivity contribution in [2.45, 2.75) is 44.6 Å². The minimum atomic E-state index is -1.06. The van der Waals surface area contributed by atoms with Crippen LogP contribution in [-0.2, 0) is 14.3 Å². The number of aliphatic carboxylic acids is 1. The molecule has 20 heavy (non-hydrogen) atoms. The molecular weight excluding hydrogens is 260 g/mol. The van der Waals surface area contributed by atoms with Crippen LogP contribution in [0.25, 0.3) is 0 Å². The zero-order valence-corrected chi connectivity index (χ0v) is 11.5. The number of carboxylic acid groups (broad SMARTS) is 1. The van der Waals surface area contributed by atoms with Crippen LogP contribution in [-0.4, -0.2) is 29.6 Å². The third-order valence-electron chi connectivity index (χ3n) is 4.24. The first kappa shape index (κ1) is 15.0. The van der Waals surface area contributed by atoms with Crippen LogP contribution < -0.4 is 11.5 Å². The molecule has 0 amide bonds. The second kappa shape index (κ2) is 6.37. The summed E-state index contributed by atoms with van der Waals surface area (Å²) in [5, 5.41) is 8.73. The molecule has 0 saturated heterocycles. The van der Waals surface area contributed by atoms with Gasteiger partial charge in [0.25, 0.3) is 0 Å². The number of allylic oxidation sites excluding steroid dienone is 2. The topological polar surface area (TPSA) is 116 Å². The van der Waals surface area contributed by atoms with E-state index in [0.29, 0.717) is 12.3 Å². The van der Waals surface area contributed by atoms with Gasteiger partial charge in [0.05, 0.1) is 5.92 Å². The molecule has 0 spiro atoms. The van der Waals surface area contributed by atoms with Gasteiger partial charge in [0.15, 0.2) is 0 Å². The first-order chi connectivity index (χ1) is 9.51. The Morgan fingerprint density at radius 3 is 2.60 bits per heavy atom. The summed E-state index contributed by atoms with van der Waals surface area (Å²) in [5.74, 6) is -0.420. The van der Waals surface area contributed by atoms with Crippen LogP contribution >= 0.6 is 0 Å². The fourth-order valence-corrected chi connectivity index (χ4v) is 2.92. The van der Waals surface area contributed by atoms with Gasteiger partial charge in [0.1, 0.15) is 11.8 Å². The smallest absolute Gasteiger partial charge is 0.320 e. The maximum Gasteiger partial charge on any atom is 0.320 e. The Morgan fingerprint density at radius 2 is 2.10 bits per heavy atom. The van der Waals surface area contributed by atoms with Gasteiger partial charge >= 0.3 is 11.9 Å². The molecule has 112 valence electrons. The van der Waals surface area contributed by atoms with Crippen molar-refractivity contribution >= 4 is 11.9 Å². The number of carbonyl (C=O) groups excluding carboxylic acids is 1. The van der Waals surface area contributed by atoms with Crippen molar-refractivity contribution in [3.8, 4) is 0 Å². The van der Waals surface area contributed by atoms with Crippen LogP contribution in [0.3, 0.4) is 0 Å². The summed E-state index contributed by atoms with van der Waals surface area (Å²) < 4.78 is 5.46. The number of ether oxygens (including phenoxy) is 1. The lowest BCUT2D eigenvalue weighted by Crippen LogP contribution is -2.33. The molecule has 6 heteroatoms. The van der Waals surface area contributed by atoms with Crippen LogP contribution in [0.4, 0.5) is 0 Å². The van der Waals surface area contributed by atoms with E-state index in [4.69, 9.17) is 21.3 Å². The highest BCUT2D eigenvalue weighted by Crippen LogP contribution is 2.44. The molecule has 2 rings (SSSR count). The van der Waals surface area contributed by atoms with Crippen molar-refractivity contribution in [1.29, 1.82) is 0 Å². The number of rotatable bonds is 7. The number of carboxylic acids is 1. The van der Waals surface area contributed by atoms with E-state index in [-0.39, 0.29) is 18.9 Å². The van der Waals surface area contributed by atoms with Crippen LogP contribution in [0.5, 0.6) is 0 Å². The van der Waals surface area contributed by atoms with E-state index in [1.54, 1.807) is 0 Å². The minimum Gasteiger partial charge on any atom is -0.480 e. The highest BCUT2D eigenvalue weighted by molar-refractivity contribution is 5.75. The summed E-state index contributed by atoms with van der Waals surface area (Å²) in [7, 11) is 0. The number of nitrogens with two attached hydrogens (primary N) is 2. The summed E-state index contributed by atoms with van der Waals surface area (Å²) >= 11 is 0. The summed E-state index contributed by atoms with van der Waals surface area (Å²) in [5.41, 5.74) is 12.3. The van der Waals surface area contributed by atoms with Gasteiger partial charge in [-0.2, -0.15) is 0 Å². The van der Waals surface area contributed by atoms with Gasteiger partial charge in [-0.15, -0.1) is 0 Å². The maximum absolute atomic E-state index is 12.1. The molecule has 1 saturated carbocycles. The third-order valence-corrected chi connectivity index (χ3v) is 4.24. The molecule has 0 aromatic rings. The van der Waals surface area contributed by atoms with Gasteiger partial charge in [-0.25, -0.2) is 0 Å². The quantitative estimate of drug-likeness (QED) is 0.593. The summed E-state index contributed by atoms with van der Waals surface area (Å²) in [6, 6.07) is -0.957. The molecule has 2 bridgehead atoms. The normalized spacial score (nSPS) is 23.8. The SMILES string of the molecule is NCC(CC[C@H](N)C(=O)O)C(=O)OC1=C2CCC(C2)C1. The van der Waals surface area contributed by atoms with E-state index < -0.39 is 17.9 Å². The van der Waals surface area contributed by atoms with E-state index in [1.165, 1.54) is 12.0 Å². The van der Waals surface area contributed by atoms with Crippen molar-refractivity contribution in [3.05, 3.63) is 11.3 Å². The van der Waals surface area contributed by atoms with Crippen LogP contribution in [0.2, 0.25) is 0 Å². The first-order valence-corrected chi connectivity index (χ1v) is 7.12. The lowest BCUT2D eigenvalue weighted by Gasteiger charge is -2.18. The molecule has 0 aromatic carbocycles. The standard InChI is InChI=1S/C14H22N2O4/c15-7-10(3-4-11(16)13(17)18)14(19)20-12-6-8-1-2-9(12)5-8/h8,10-11H,1-7,15-16H2,(H,17,18)/t8?,10?,11-/m0/s1. The number of carbonyl (C=O) groups is 2. The number of hydrogen-bond donors (Lipinski definition) is 3. The average Bonchev–Trinajstić information content (AvgIpc) is 3.01. The van der Waals surface area contributed by atoms with Gasteiger partial charge in [-0.05, 0) is 43.6 Å². The highest BCUT2D eigenvalue weighted by atomic mass is 16.5. The largest absolute Gasteiger partial charge is 0.480 e. The highest BCUT2D eigenvalue weighted by Gasteiger charge is 2.33. The molecule has 0 radical (unpaired) electrons. The summed E-state index contributed by atoms with van der Waals surface area (Å²) in [6.45, 7) is 0.150. The van der Waals surface area contributed by atoms with E-state index in [2.05, 4.69) is 0 Å². The van der Waals surface area contributed by atoms with Crippen LogP contribution in [0.15, 0.2) is 11.3 Å². The van der Waals surface area contributed by atoms with E-state index in [0.717, 1.165) is 25.0 Å². The predicted molar refractivity (Wildman–Crippen MR) is 72.5 cm³/mol. The Bertz CT molecular complexity index is 433. The van der Waals surface area contributed by atoms with Crippen LogP contribution in [0.1, 0.15) is 38.5 Å². The van der Waals surface area contributed by atoms with Gasteiger partial charge < -0.3 is 21.3 Å². The van der Waals surface area contributed by atoms with Gasteiger partial charge in [-0.1, -0.05) is 0 Å². The van der Waals surface area contributed by atoms with Crippen molar-refractivity contribution < 1.29 is 19.4 Å². The summed E-state index contributed by atoms with van der Waals surface area (Å²) in [4.78, 5) is 22.7. The minimum absolute atomic E-state index is 0.150. The molecule has 0 aromatic heterocycles. The van der Waals surface area contributed by atoms with E-state index >= 15 is 0 Å². The Morgan fingerprint density at radius 1 is 1.35 bits per heavy atom. The lowest BCUT2D eigenvalue weighted by molar-refractivity contribution is -0.145. The van der Waals surface area contributed by atoms with Gasteiger partial charge in [-0.3, -0.25) is 9.59 Å². The predicted octanol–water partition coefficient (Wildman–Crippen LogP) is 0.754. The Labute approximate surface area is 118 Å². The summed E-state index contributed by atoms with van der Waals surface area (Å²) in [6.07, 6.45) is 4.71. The molecular formula is C14H22N2O4. The second-order valence-corrected chi connectivity index (χ2v) is 5.72. The zero-order chi connectivity index (χ0) is 14.7. The Hall–Kier alpha value is -1.40. The molecule has 1 fully saturated rings. The number of hydrogen-bond acceptors (Lipinski definition) is 5. The zero-order valence-electron chi connectivity index (χ0n) is 11.5. The lowest BCUT2D eigenvalue weighted by atomic mass is 10.00.